The van der Waals surface area contributed by atoms with Crippen molar-refractivity contribution in [2.24, 2.45) is 0 Å². The quantitative estimate of drug-likeness (QED) is 0.541. The highest BCUT2D eigenvalue weighted by atomic mass is 32.2. The molecule has 1 atom stereocenters. The molecule has 1 aliphatic heterocycles. The summed E-state index contributed by atoms with van der Waals surface area (Å²) in [4.78, 5) is 36.1. The summed E-state index contributed by atoms with van der Waals surface area (Å²) in [6, 6.07) is 4.33. The first-order chi connectivity index (χ1) is 10.2. The Morgan fingerprint density at radius 3 is 2.27 bits per heavy atom. The lowest BCUT2D eigenvalue weighted by atomic mass is 10.1. The van der Waals surface area contributed by atoms with Crippen LogP contribution in [0.3, 0.4) is 0 Å². The van der Waals surface area contributed by atoms with Gasteiger partial charge in [0.15, 0.2) is 0 Å². The van der Waals surface area contributed by atoms with E-state index < -0.39 is 39.2 Å². The lowest BCUT2D eigenvalue weighted by Gasteiger charge is -2.33. The van der Waals surface area contributed by atoms with Crippen molar-refractivity contribution in [3.05, 3.63) is 30.1 Å². The molecule has 1 saturated heterocycles. The van der Waals surface area contributed by atoms with E-state index in [9.17, 15) is 32.5 Å². The molecular formula is C12H12N2O7S. The Morgan fingerprint density at radius 1 is 1.27 bits per heavy atom. The highest BCUT2D eigenvalue weighted by molar-refractivity contribution is 7.88. The second-order valence-electron chi connectivity index (χ2n) is 4.69. The topological polar surface area (TPSA) is 142 Å². The van der Waals surface area contributed by atoms with Crippen LogP contribution in [0.15, 0.2) is 24.4 Å². The van der Waals surface area contributed by atoms with E-state index in [0.717, 1.165) is 0 Å². The van der Waals surface area contributed by atoms with Crippen LogP contribution in [-0.4, -0.2) is 50.6 Å². The number of nitrogens with zero attached hydrogens (tertiary/aromatic N) is 2. The number of carbonyl (C=O) groups excluding carboxylic acids is 2. The molecule has 2 N–H and O–H groups in total. The Kier molecular flexibility index (Phi) is 3.98. The lowest BCUT2D eigenvalue weighted by molar-refractivity contribution is -0.157. The van der Waals surface area contributed by atoms with Crippen LogP contribution in [0, 0.1) is 0 Å². The number of carboxylic acid groups (broad SMARTS) is 1. The van der Waals surface area contributed by atoms with Gasteiger partial charge in [-0.15, -0.1) is 0 Å². The van der Waals surface area contributed by atoms with Crippen LogP contribution in [0.1, 0.15) is 18.5 Å². The SMILES string of the molecule is O=C1CCC(=O)N1C(Cc1ccccn1)(C(=O)O)S(=O)(=O)O. The molecule has 2 heterocycles. The lowest BCUT2D eigenvalue weighted by Crippen LogP contribution is -2.63. The van der Waals surface area contributed by atoms with Crippen LogP contribution in [0.2, 0.25) is 0 Å². The molecule has 0 aromatic carbocycles. The second-order valence-corrected chi connectivity index (χ2v) is 6.31. The molecule has 2 rings (SSSR count). The number of aromatic nitrogens is 1. The van der Waals surface area contributed by atoms with Crippen molar-refractivity contribution >= 4 is 27.9 Å². The zero-order chi connectivity index (χ0) is 16.5. The minimum absolute atomic E-state index is 0.00461. The predicted octanol–water partition coefficient (Wildman–Crippen LogP) is -0.558. The maximum Gasteiger partial charge on any atom is 0.349 e. The first-order valence-corrected chi connectivity index (χ1v) is 7.60. The van der Waals surface area contributed by atoms with E-state index in [4.69, 9.17) is 0 Å². The highest BCUT2D eigenvalue weighted by Crippen LogP contribution is 2.32. The van der Waals surface area contributed by atoms with Crippen LogP contribution in [0.4, 0.5) is 0 Å². The van der Waals surface area contributed by atoms with Gasteiger partial charge < -0.3 is 5.11 Å². The van der Waals surface area contributed by atoms with Crippen LogP contribution in [0.5, 0.6) is 0 Å². The van der Waals surface area contributed by atoms with E-state index in [1.807, 2.05) is 0 Å². The summed E-state index contributed by atoms with van der Waals surface area (Å²) in [7, 11) is -5.33. The Balaban J connectivity index is 2.65. The van der Waals surface area contributed by atoms with E-state index >= 15 is 0 Å². The fourth-order valence-electron chi connectivity index (χ4n) is 2.29. The molecule has 0 aliphatic carbocycles. The number of rotatable bonds is 5. The summed E-state index contributed by atoms with van der Waals surface area (Å²) in [5.41, 5.74) is -0.00461. The molecule has 0 radical (unpaired) electrons. The Morgan fingerprint density at radius 2 is 1.86 bits per heavy atom. The molecule has 1 unspecified atom stereocenters. The van der Waals surface area contributed by atoms with Gasteiger partial charge in [-0.1, -0.05) is 6.07 Å². The summed E-state index contributed by atoms with van der Waals surface area (Å²) >= 11 is 0. The normalized spacial score (nSPS) is 18.3. The number of carbonyl (C=O) groups is 3. The average Bonchev–Trinajstić information content (AvgIpc) is 2.75. The zero-order valence-electron chi connectivity index (χ0n) is 11.2. The largest absolute Gasteiger partial charge is 0.479 e. The molecule has 1 fully saturated rings. The van der Waals surface area contributed by atoms with E-state index in [1.54, 1.807) is 0 Å². The average molecular weight is 328 g/mol. The number of pyridine rings is 1. The Hall–Kier alpha value is -2.33. The number of carboxylic acids is 1. The summed E-state index contributed by atoms with van der Waals surface area (Å²) < 4.78 is 33.0. The maximum absolute atomic E-state index is 11.8. The van der Waals surface area contributed by atoms with Crippen molar-refractivity contribution in [1.82, 2.24) is 9.88 Å². The zero-order valence-corrected chi connectivity index (χ0v) is 12.0. The number of amides is 2. The molecule has 1 aromatic rings. The predicted molar refractivity (Wildman–Crippen MR) is 70.9 cm³/mol. The third kappa shape index (κ3) is 2.46. The van der Waals surface area contributed by atoms with Crippen molar-refractivity contribution in [3.8, 4) is 0 Å². The van der Waals surface area contributed by atoms with E-state index in [0.29, 0.717) is 0 Å². The van der Waals surface area contributed by atoms with Gasteiger partial charge in [0.05, 0.1) is 0 Å². The fourth-order valence-corrected chi connectivity index (χ4v) is 3.28. The van der Waals surface area contributed by atoms with E-state index in [-0.39, 0.29) is 23.4 Å². The Bertz CT molecular complexity index is 715. The summed E-state index contributed by atoms with van der Waals surface area (Å²) in [5.74, 6) is -3.97. The second kappa shape index (κ2) is 5.46. The summed E-state index contributed by atoms with van der Waals surface area (Å²) in [6.07, 6.45) is -0.184. The van der Waals surface area contributed by atoms with Crippen molar-refractivity contribution in [2.45, 2.75) is 24.1 Å². The smallest absolute Gasteiger partial charge is 0.349 e. The van der Waals surface area contributed by atoms with Crippen molar-refractivity contribution in [1.29, 1.82) is 0 Å². The third-order valence-electron chi connectivity index (χ3n) is 3.32. The molecule has 0 bridgehead atoms. The van der Waals surface area contributed by atoms with Gasteiger partial charge >= 0.3 is 16.1 Å². The molecule has 9 nitrogen and oxygen atoms in total. The van der Waals surface area contributed by atoms with Crippen LogP contribution in [0.25, 0.3) is 0 Å². The fraction of sp³-hybridized carbons (Fsp3) is 0.333. The molecule has 10 heteroatoms. The van der Waals surface area contributed by atoms with Gasteiger partial charge in [-0.25, -0.2) is 9.69 Å². The molecule has 1 aliphatic rings. The summed E-state index contributed by atoms with van der Waals surface area (Å²) in [5, 5.41) is 9.40. The van der Waals surface area contributed by atoms with Crippen LogP contribution < -0.4 is 0 Å². The van der Waals surface area contributed by atoms with Gasteiger partial charge in [0.2, 0.25) is 11.8 Å². The Labute approximate surface area is 125 Å². The van der Waals surface area contributed by atoms with Gasteiger partial charge in [-0.3, -0.25) is 19.1 Å². The van der Waals surface area contributed by atoms with Gasteiger partial charge in [0, 0.05) is 31.2 Å². The van der Waals surface area contributed by atoms with Gasteiger partial charge in [-0.2, -0.15) is 8.42 Å². The minimum Gasteiger partial charge on any atom is -0.479 e. The van der Waals surface area contributed by atoms with E-state index in [2.05, 4.69) is 4.98 Å². The molecular weight excluding hydrogens is 316 g/mol. The van der Waals surface area contributed by atoms with E-state index in [1.165, 1.54) is 24.4 Å². The number of hydrogen-bond donors (Lipinski definition) is 2. The van der Waals surface area contributed by atoms with Gasteiger partial charge in [-0.05, 0) is 12.1 Å². The highest BCUT2D eigenvalue weighted by Gasteiger charge is 2.61. The molecule has 0 spiro atoms. The molecule has 1 aromatic heterocycles. The monoisotopic (exact) mass is 328 g/mol. The number of hydrogen-bond acceptors (Lipinski definition) is 6. The molecule has 0 saturated carbocycles. The van der Waals surface area contributed by atoms with Gasteiger partial charge in [0.25, 0.3) is 4.87 Å². The minimum atomic E-state index is -5.33. The van der Waals surface area contributed by atoms with Gasteiger partial charge in [0.1, 0.15) is 0 Å². The van der Waals surface area contributed by atoms with Crippen LogP contribution in [-0.2, 0) is 30.9 Å². The van der Waals surface area contributed by atoms with Crippen molar-refractivity contribution in [2.75, 3.05) is 0 Å². The molecule has 22 heavy (non-hydrogen) atoms. The molecule has 2 amide bonds. The van der Waals surface area contributed by atoms with Crippen molar-refractivity contribution < 1.29 is 32.5 Å². The standard InChI is InChI=1S/C12H12N2O7S/c15-9-4-5-10(16)14(9)12(11(17)18,22(19,20)21)7-8-3-1-2-6-13-8/h1-3,6H,4-5,7H2,(H,17,18)(H,19,20,21). The van der Waals surface area contributed by atoms with Crippen molar-refractivity contribution in [3.63, 3.8) is 0 Å². The third-order valence-corrected chi connectivity index (χ3v) is 4.68. The van der Waals surface area contributed by atoms with Crippen LogP contribution >= 0.6 is 0 Å². The number of imide groups is 1. The number of aliphatic carboxylic acids is 1. The number of likely N-dealkylation sites (tertiary alicyclic amines) is 1. The maximum atomic E-state index is 11.8. The summed E-state index contributed by atoms with van der Waals surface area (Å²) in [6.45, 7) is 0. The first kappa shape index (κ1) is 16.0. The molecule has 118 valence electrons. The first-order valence-electron chi connectivity index (χ1n) is 6.16.